The van der Waals surface area contributed by atoms with E-state index in [0.717, 1.165) is 32.0 Å². The maximum absolute atomic E-state index is 12.1. The minimum Gasteiger partial charge on any atom is -0.354 e. The van der Waals surface area contributed by atoms with Crippen molar-refractivity contribution in [3.8, 4) is 0 Å². The molecule has 1 amide bonds. The topological polar surface area (TPSA) is 35.6 Å². The van der Waals surface area contributed by atoms with Gasteiger partial charge in [0.05, 0.1) is 0 Å². The number of piperidine rings is 2. The van der Waals surface area contributed by atoms with Crippen molar-refractivity contribution in [3.05, 3.63) is 0 Å². The summed E-state index contributed by atoms with van der Waals surface area (Å²) in [6, 6.07) is 1.68. The van der Waals surface area contributed by atoms with E-state index in [1.807, 2.05) is 13.8 Å². The molecule has 0 saturated carbocycles. The number of nitrogens with zero attached hydrogens (tertiary/aromatic N) is 2. The molecule has 0 spiro atoms. The Balaban J connectivity index is 1.73. The summed E-state index contributed by atoms with van der Waals surface area (Å²) in [5.41, 5.74) is 0. The van der Waals surface area contributed by atoms with E-state index in [1.54, 1.807) is 0 Å². The standard InChI is InChI=1S/C17H33N3O/c1-13(2)18-17(21)15-5-9-20(10-6-15)16-7-11-19(12-8-16)14(3)4/h13-16H,5-12H2,1-4H3,(H,18,21). The van der Waals surface area contributed by atoms with E-state index >= 15 is 0 Å². The number of carbonyl (C=O) groups is 1. The highest BCUT2D eigenvalue weighted by Crippen LogP contribution is 2.24. The lowest BCUT2D eigenvalue weighted by atomic mass is 9.92. The molecule has 2 heterocycles. The number of nitrogens with one attached hydrogen (secondary N) is 1. The summed E-state index contributed by atoms with van der Waals surface area (Å²) in [6.07, 6.45) is 4.65. The van der Waals surface area contributed by atoms with Crippen molar-refractivity contribution < 1.29 is 4.79 Å². The zero-order valence-corrected chi connectivity index (χ0v) is 14.3. The summed E-state index contributed by atoms with van der Waals surface area (Å²) in [7, 11) is 0. The van der Waals surface area contributed by atoms with Crippen molar-refractivity contribution in [2.75, 3.05) is 26.2 Å². The van der Waals surface area contributed by atoms with Gasteiger partial charge in [0.25, 0.3) is 0 Å². The van der Waals surface area contributed by atoms with Crippen molar-refractivity contribution in [3.63, 3.8) is 0 Å². The zero-order chi connectivity index (χ0) is 15.4. The second-order valence-electron chi connectivity index (χ2n) is 7.33. The zero-order valence-electron chi connectivity index (χ0n) is 14.3. The molecule has 2 rings (SSSR count). The summed E-state index contributed by atoms with van der Waals surface area (Å²) in [5.74, 6) is 0.499. The Bertz CT molecular complexity index is 327. The molecule has 4 heteroatoms. The van der Waals surface area contributed by atoms with Gasteiger partial charge in [-0.25, -0.2) is 0 Å². The van der Waals surface area contributed by atoms with Gasteiger partial charge in [0.1, 0.15) is 0 Å². The largest absolute Gasteiger partial charge is 0.354 e. The molecule has 0 radical (unpaired) electrons. The van der Waals surface area contributed by atoms with Crippen LogP contribution >= 0.6 is 0 Å². The molecular formula is C17H33N3O. The average Bonchev–Trinajstić information content (AvgIpc) is 2.47. The number of hydrogen-bond donors (Lipinski definition) is 1. The van der Waals surface area contributed by atoms with E-state index in [4.69, 9.17) is 0 Å². The quantitative estimate of drug-likeness (QED) is 0.863. The molecule has 2 fully saturated rings. The average molecular weight is 295 g/mol. The van der Waals surface area contributed by atoms with Crippen LogP contribution in [0.4, 0.5) is 0 Å². The Hall–Kier alpha value is -0.610. The summed E-state index contributed by atoms with van der Waals surface area (Å²) < 4.78 is 0. The highest BCUT2D eigenvalue weighted by atomic mass is 16.1. The molecule has 21 heavy (non-hydrogen) atoms. The third-order valence-corrected chi connectivity index (χ3v) is 5.08. The maximum Gasteiger partial charge on any atom is 0.223 e. The molecule has 1 N–H and O–H groups in total. The van der Waals surface area contributed by atoms with Gasteiger partial charge in [0.2, 0.25) is 5.91 Å². The number of likely N-dealkylation sites (tertiary alicyclic amines) is 2. The van der Waals surface area contributed by atoms with Gasteiger partial charge in [-0.05, 0) is 79.6 Å². The molecule has 0 aliphatic carbocycles. The highest BCUT2D eigenvalue weighted by molar-refractivity contribution is 5.78. The van der Waals surface area contributed by atoms with Gasteiger partial charge in [0, 0.05) is 24.0 Å². The normalized spacial score (nSPS) is 23.9. The summed E-state index contributed by atoms with van der Waals surface area (Å²) in [6.45, 7) is 13.3. The van der Waals surface area contributed by atoms with E-state index < -0.39 is 0 Å². The predicted molar refractivity (Wildman–Crippen MR) is 87.3 cm³/mol. The summed E-state index contributed by atoms with van der Waals surface area (Å²) in [4.78, 5) is 17.3. The minimum atomic E-state index is 0.236. The second kappa shape index (κ2) is 7.59. The van der Waals surface area contributed by atoms with Crippen LogP contribution in [0.1, 0.15) is 53.4 Å². The van der Waals surface area contributed by atoms with Crippen molar-refractivity contribution in [2.24, 2.45) is 5.92 Å². The molecule has 0 aromatic carbocycles. The van der Waals surface area contributed by atoms with Gasteiger partial charge in [-0.2, -0.15) is 0 Å². The smallest absolute Gasteiger partial charge is 0.223 e. The monoisotopic (exact) mass is 295 g/mol. The Morgan fingerprint density at radius 2 is 1.52 bits per heavy atom. The van der Waals surface area contributed by atoms with Crippen LogP contribution in [-0.2, 0) is 4.79 Å². The summed E-state index contributed by atoms with van der Waals surface area (Å²) in [5, 5.41) is 3.06. The van der Waals surface area contributed by atoms with E-state index in [2.05, 4.69) is 29.0 Å². The van der Waals surface area contributed by atoms with Gasteiger partial charge in [-0.15, -0.1) is 0 Å². The third kappa shape index (κ3) is 4.68. The van der Waals surface area contributed by atoms with Gasteiger partial charge in [-0.1, -0.05) is 0 Å². The van der Waals surface area contributed by atoms with E-state index in [0.29, 0.717) is 6.04 Å². The lowest BCUT2D eigenvalue weighted by Gasteiger charge is -2.42. The molecule has 0 aromatic rings. The fourth-order valence-electron chi connectivity index (χ4n) is 3.70. The van der Waals surface area contributed by atoms with E-state index in [9.17, 15) is 4.79 Å². The number of rotatable bonds is 4. The summed E-state index contributed by atoms with van der Waals surface area (Å²) >= 11 is 0. The molecular weight excluding hydrogens is 262 g/mol. The van der Waals surface area contributed by atoms with Crippen LogP contribution in [0.2, 0.25) is 0 Å². The van der Waals surface area contributed by atoms with Crippen LogP contribution in [0.5, 0.6) is 0 Å². The van der Waals surface area contributed by atoms with Gasteiger partial charge < -0.3 is 15.1 Å². The third-order valence-electron chi connectivity index (χ3n) is 5.08. The van der Waals surface area contributed by atoms with Crippen molar-refractivity contribution in [1.82, 2.24) is 15.1 Å². The van der Waals surface area contributed by atoms with Crippen LogP contribution in [0.15, 0.2) is 0 Å². The number of amides is 1. The number of carbonyl (C=O) groups excluding carboxylic acids is 1. The van der Waals surface area contributed by atoms with Crippen LogP contribution in [0.25, 0.3) is 0 Å². The first kappa shape index (κ1) is 16.8. The Morgan fingerprint density at radius 1 is 0.952 bits per heavy atom. The van der Waals surface area contributed by atoms with Crippen LogP contribution in [0, 0.1) is 5.92 Å². The van der Waals surface area contributed by atoms with E-state index in [-0.39, 0.29) is 17.9 Å². The lowest BCUT2D eigenvalue weighted by molar-refractivity contribution is -0.127. The van der Waals surface area contributed by atoms with Crippen molar-refractivity contribution in [2.45, 2.75) is 71.5 Å². The highest BCUT2D eigenvalue weighted by Gasteiger charge is 2.31. The maximum atomic E-state index is 12.1. The molecule has 4 nitrogen and oxygen atoms in total. The van der Waals surface area contributed by atoms with Gasteiger partial charge in [-0.3, -0.25) is 4.79 Å². The molecule has 2 aliphatic heterocycles. The van der Waals surface area contributed by atoms with Crippen molar-refractivity contribution >= 4 is 5.91 Å². The van der Waals surface area contributed by atoms with Gasteiger partial charge >= 0.3 is 0 Å². The molecule has 0 bridgehead atoms. The van der Waals surface area contributed by atoms with Crippen LogP contribution < -0.4 is 5.32 Å². The van der Waals surface area contributed by atoms with Crippen molar-refractivity contribution in [1.29, 1.82) is 0 Å². The first-order chi connectivity index (χ1) is 9.97. The van der Waals surface area contributed by atoms with Gasteiger partial charge in [0.15, 0.2) is 0 Å². The SMILES string of the molecule is CC(C)NC(=O)C1CCN(C2CCN(C(C)C)CC2)CC1. The first-order valence-electron chi connectivity index (χ1n) is 8.76. The Morgan fingerprint density at radius 3 is 2.00 bits per heavy atom. The fraction of sp³-hybridized carbons (Fsp3) is 0.941. The first-order valence-corrected chi connectivity index (χ1v) is 8.76. The van der Waals surface area contributed by atoms with Crippen LogP contribution in [0.3, 0.4) is 0 Å². The molecule has 0 unspecified atom stereocenters. The molecule has 122 valence electrons. The minimum absolute atomic E-state index is 0.236. The number of hydrogen-bond acceptors (Lipinski definition) is 3. The second-order valence-corrected chi connectivity index (χ2v) is 7.33. The molecule has 2 aliphatic rings. The molecule has 2 saturated heterocycles. The fourth-order valence-corrected chi connectivity index (χ4v) is 3.70. The molecule has 0 aromatic heterocycles. The van der Waals surface area contributed by atoms with Crippen LogP contribution in [-0.4, -0.2) is 60.0 Å². The van der Waals surface area contributed by atoms with E-state index in [1.165, 1.54) is 25.9 Å². The Labute approximate surface area is 130 Å². The lowest BCUT2D eigenvalue weighted by Crippen LogP contribution is -2.50. The Kier molecular flexibility index (Phi) is 6.06. The predicted octanol–water partition coefficient (Wildman–Crippen LogP) is 2.10. The molecule has 0 atom stereocenters.